The van der Waals surface area contributed by atoms with E-state index >= 15 is 0 Å². The van der Waals surface area contributed by atoms with Gasteiger partial charge < -0.3 is 10.4 Å². The second-order valence-corrected chi connectivity index (χ2v) is 4.28. The fraction of sp³-hybridized carbons (Fsp3) is 0. The van der Waals surface area contributed by atoms with E-state index in [9.17, 15) is 9.90 Å². The van der Waals surface area contributed by atoms with Crippen LogP contribution in [0.25, 0.3) is 0 Å². The molecule has 0 radical (unpaired) electrons. The summed E-state index contributed by atoms with van der Waals surface area (Å²) in [4.78, 5) is 11.8. The van der Waals surface area contributed by atoms with Crippen molar-refractivity contribution in [3.05, 3.63) is 59.7 Å². The summed E-state index contributed by atoms with van der Waals surface area (Å²) < 4.78 is 0. The number of anilines is 1. The van der Waals surface area contributed by atoms with Crippen molar-refractivity contribution in [2.24, 2.45) is 10.2 Å². The van der Waals surface area contributed by atoms with Crippen LogP contribution in [-0.4, -0.2) is 22.9 Å². The van der Waals surface area contributed by atoms with Gasteiger partial charge in [-0.3, -0.25) is 4.79 Å². The smallest absolute Gasteiger partial charge is 0.276 e. The molecule has 20 heavy (non-hydrogen) atoms. The Morgan fingerprint density at radius 1 is 1.05 bits per heavy atom. The highest BCUT2D eigenvalue weighted by molar-refractivity contribution is 6.53. The zero-order valence-electron chi connectivity index (χ0n) is 10.4. The van der Waals surface area contributed by atoms with Gasteiger partial charge in [0.05, 0.1) is 11.9 Å². The van der Waals surface area contributed by atoms with E-state index in [2.05, 4.69) is 15.5 Å². The van der Waals surface area contributed by atoms with Crippen molar-refractivity contribution in [1.82, 2.24) is 0 Å². The van der Waals surface area contributed by atoms with Gasteiger partial charge in [-0.1, -0.05) is 18.2 Å². The molecule has 0 fully saturated rings. The quantitative estimate of drug-likeness (QED) is 0.645. The molecule has 0 aromatic heterocycles. The molecule has 0 spiro atoms. The lowest BCUT2D eigenvalue weighted by molar-refractivity contribution is -0.110. The van der Waals surface area contributed by atoms with Crippen molar-refractivity contribution in [2.75, 3.05) is 5.32 Å². The number of benzene rings is 2. The lowest BCUT2D eigenvalue weighted by Crippen LogP contribution is -2.13. The lowest BCUT2D eigenvalue weighted by atomic mass is 10.1. The number of amides is 1. The van der Waals surface area contributed by atoms with Crippen LogP contribution < -0.4 is 5.32 Å². The minimum Gasteiger partial charge on any atom is -0.508 e. The zero-order chi connectivity index (χ0) is 13.9. The molecule has 98 valence electrons. The third-order valence-electron chi connectivity index (χ3n) is 2.90. The van der Waals surface area contributed by atoms with Gasteiger partial charge in [0.2, 0.25) is 0 Å². The van der Waals surface area contributed by atoms with Gasteiger partial charge in [0, 0.05) is 5.56 Å². The van der Waals surface area contributed by atoms with Crippen molar-refractivity contribution < 1.29 is 9.90 Å². The molecular weight excluding hydrogens is 254 g/mol. The Kier molecular flexibility index (Phi) is 3.01. The number of nitrogens with one attached hydrogen (secondary N) is 1. The van der Waals surface area contributed by atoms with Crippen LogP contribution >= 0.6 is 0 Å². The predicted molar refractivity (Wildman–Crippen MR) is 77.3 cm³/mol. The van der Waals surface area contributed by atoms with Gasteiger partial charge in [0.1, 0.15) is 5.75 Å². The first-order chi connectivity index (χ1) is 9.74. The second kappa shape index (κ2) is 4.97. The molecule has 2 aromatic carbocycles. The number of carbonyl (C=O) groups excluding carboxylic acids is 1. The molecule has 1 aliphatic rings. The molecule has 1 aliphatic heterocycles. The molecule has 3 rings (SSSR count). The van der Waals surface area contributed by atoms with Crippen molar-refractivity contribution in [2.45, 2.75) is 0 Å². The fourth-order valence-electron chi connectivity index (χ4n) is 1.92. The Morgan fingerprint density at radius 2 is 1.80 bits per heavy atom. The number of nitrogens with zero attached hydrogens (tertiary/aromatic N) is 2. The van der Waals surface area contributed by atoms with E-state index in [-0.39, 0.29) is 11.7 Å². The molecular formula is C15H11N3O2. The normalized spacial score (nSPS) is 15.6. The first-order valence-corrected chi connectivity index (χ1v) is 6.05. The van der Waals surface area contributed by atoms with Gasteiger partial charge in [0.25, 0.3) is 5.91 Å². The van der Waals surface area contributed by atoms with Crippen molar-refractivity contribution in [3.8, 4) is 5.75 Å². The molecule has 0 bridgehead atoms. The van der Waals surface area contributed by atoms with Crippen LogP contribution in [0, 0.1) is 0 Å². The number of phenols is 1. The Balaban J connectivity index is 1.86. The lowest BCUT2D eigenvalue weighted by Gasteiger charge is -1.94. The number of aromatic hydroxyl groups is 1. The number of fused-ring (bicyclic) bond motifs is 1. The van der Waals surface area contributed by atoms with E-state index < -0.39 is 0 Å². The summed E-state index contributed by atoms with van der Waals surface area (Å²) in [6.07, 6.45) is 1.53. The number of phenolic OH excluding ortho intramolecular Hbond substituents is 1. The molecule has 0 unspecified atom stereocenters. The topological polar surface area (TPSA) is 74.0 Å². The highest BCUT2D eigenvalue weighted by Crippen LogP contribution is 2.22. The van der Waals surface area contributed by atoms with Crippen LogP contribution in [0.2, 0.25) is 0 Å². The summed E-state index contributed by atoms with van der Waals surface area (Å²) in [5.41, 5.74) is 2.59. The van der Waals surface area contributed by atoms with Crippen molar-refractivity contribution in [3.63, 3.8) is 0 Å². The van der Waals surface area contributed by atoms with Gasteiger partial charge in [0.15, 0.2) is 5.71 Å². The largest absolute Gasteiger partial charge is 0.508 e. The van der Waals surface area contributed by atoms with Crippen LogP contribution in [0.15, 0.2) is 58.7 Å². The fourth-order valence-corrected chi connectivity index (χ4v) is 1.92. The van der Waals surface area contributed by atoms with Gasteiger partial charge in [-0.2, -0.15) is 5.10 Å². The van der Waals surface area contributed by atoms with Gasteiger partial charge >= 0.3 is 0 Å². The first kappa shape index (κ1) is 12.1. The van der Waals surface area contributed by atoms with Crippen molar-refractivity contribution in [1.29, 1.82) is 0 Å². The maximum atomic E-state index is 11.8. The molecule has 0 atom stereocenters. The molecule has 2 aromatic rings. The first-order valence-electron chi connectivity index (χ1n) is 6.05. The third kappa shape index (κ3) is 2.29. The van der Waals surface area contributed by atoms with Gasteiger partial charge in [-0.15, -0.1) is 5.10 Å². The van der Waals surface area contributed by atoms with E-state index in [1.165, 1.54) is 6.21 Å². The van der Waals surface area contributed by atoms with E-state index in [0.29, 0.717) is 5.71 Å². The molecule has 2 N–H and O–H groups in total. The monoisotopic (exact) mass is 265 g/mol. The van der Waals surface area contributed by atoms with Crippen LogP contribution in [0.1, 0.15) is 11.1 Å². The predicted octanol–water partition coefficient (Wildman–Crippen LogP) is 2.17. The van der Waals surface area contributed by atoms with Crippen LogP contribution in [0.4, 0.5) is 5.69 Å². The minimum atomic E-state index is -0.256. The summed E-state index contributed by atoms with van der Waals surface area (Å²) in [5.74, 6) is -0.0633. The van der Waals surface area contributed by atoms with E-state index in [1.807, 2.05) is 24.3 Å². The summed E-state index contributed by atoms with van der Waals surface area (Å²) in [6.45, 7) is 0. The SMILES string of the molecule is O=C1Nc2ccccc2C1=NN=Cc1ccc(O)cc1. The average Bonchev–Trinajstić information content (AvgIpc) is 2.77. The Bertz CT molecular complexity index is 718. The molecule has 5 nitrogen and oxygen atoms in total. The molecule has 0 saturated carbocycles. The Morgan fingerprint density at radius 3 is 2.60 bits per heavy atom. The summed E-state index contributed by atoms with van der Waals surface area (Å²) >= 11 is 0. The Hall–Kier alpha value is -2.95. The highest BCUT2D eigenvalue weighted by Gasteiger charge is 2.25. The van der Waals surface area contributed by atoms with E-state index in [4.69, 9.17) is 0 Å². The zero-order valence-corrected chi connectivity index (χ0v) is 10.4. The maximum absolute atomic E-state index is 11.8. The summed E-state index contributed by atoms with van der Waals surface area (Å²) in [5, 5.41) is 19.8. The number of hydrogen-bond donors (Lipinski definition) is 2. The van der Waals surface area contributed by atoms with Crippen LogP contribution in [0.5, 0.6) is 5.75 Å². The van der Waals surface area contributed by atoms with Crippen LogP contribution in [-0.2, 0) is 4.79 Å². The van der Waals surface area contributed by atoms with E-state index in [0.717, 1.165) is 16.8 Å². The second-order valence-electron chi connectivity index (χ2n) is 4.28. The number of para-hydroxylation sites is 1. The maximum Gasteiger partial charge on any atom is 0.276 e. The van der Waals surface area contributed by atoms with Gasteiger partial charge in [-0.05, 0) is 35.9 Å². The number of carbonyl (C=O) groups is 1. The minimum absolute atomic E-state index is 0.192. The molecule has 5 heteroatoms. The van der Waals surface area contributed by atoms with Gasteiger partial charge in [-0.25, -0.2) is 0 Å². The number of rotatable bonds is 2. The average molecular weight is 265 g/mol. The molecule has 0 aliphatic carbocycles. The third-order valence-corrected chi connectivity index (χ3v) is 2.90. The van der Waals surface area contributed by atoms with Crippen molar-refractivity contribution >= 4 is 23.5 Å². The summed E-state index contributed by atoms with van der Waals surface area (Å²) in [7, 11) is 0. The van der Waals surface area contributed by atoms with Crippen LogP contribution in [0.3, 0.4) is 0 Å². The molecule has 1 heterocycles. The Labute approximate surface area is 115 Å². The molecule has 0 saturated heterocycles. The molecule has 1 amide bonds. The van der Waals surface area contributed by atoms with E-state index in [1.54, 1.807) is 24.3 Å². The standard InChI is InChI=1S/C15H11N3O2/c19-11-7-5-10(6-8-11)9-16-18-14-12-3-1-2-4-13(12)17-15(14)20/h1-9,19H,(H,17,18,20). The highest BCUT2D eigenvalue weighted by atomic mass is 16.3. The number of hydrogen-bond acceptors (Lipinski definition) is 4. The summed E-state index contributed by atoms with van der Waals surface area (Å²) in [6, 6.07) is 13.9.